The molecule has 5 N–H and O–H groups in total. The minimum Gasteiger partial charge on any atom is -0.364 e. The first kappa shape index (κ1) is 18.9. The monoisotopic (exact) mass is 367 g/mol. The van der Waals surface area contributed by atoms with Crippen LogP contribution in [-0.2, 0) is 6.54 Å². The number of carbonyl (C=O) groups excluding carboxylic acids is 1. The van der Waals surface area contributed by atoms with Crippen molar-refractivity contribution in [3.05, 3.63) is 58.0 Å². The maximum atomic E-state index is 12.2. The molecule has 0 bridgehead atoms. The van der Waals surface area contributed by atoms with Crippen molar-refractivity contribution in [3.63, 3.8) is 0 Å². The first-order chi connectivity index (χ1) is 12.9. The first-order valence-electron chi connectivity index (χ1n) is 8.94. The Kier molecular flexibility index (Phi) is 5.73. The van der Waals surface area contributed by atoms with Crippen LogP contribution in [0.4, 0.5) is 0 Å². The fourth-order valence-electron chi connectivity index (χ4n) is 3.02. The van der Waals surface area contributed by atoms with E-state index in [4.69, 9.17) is 5.73 Å². The largest absolute Gasteiger partial charge is 0.364 e. The smallest absolute Gasteiger partial charge is 0.265 e. The lowest BCUT2D eigenvalue weighted by atomic mass is 10.1. The predicted octanol–water partition coefficient (Wildman–Crippen LogP) is 1.66. The number of hydrogen-bond acceptors (Lipinski definition) is 4. The van der Waals surface area contributed by atoms with Crippen LogP contribution >= 0.6 is 0 Å². The molecule has 3 aromatic rings. The van der Waals surface area contributed by atoms with Crippen LogP contribution in [0.25, 0.3) is 22.2 Å². The van der Waals surface area contributed by atoms with Crippen LogP contribution in [0.15, 0.2) is 41.2 Å². The lowest BCUT2D eigenvalue weighted by Crippen LogP contribution is -2.20. The maximum Gasteiger partial charge on any atom is 0.265 e. The van der Waals surface area contributed by atoms with Crippen LogP contribution < -0.4 is 16.6 Å². The number of aromatic nitrogens is 2. The van der Waals surface area contributed by atoms with Crippen LogP contribution in [0.5, 0.6) is 0 Å². The van der Waals surface area contributed by atoms with Crippen molar-refractivity contribution in [2.24, 2.45) is 5.73 Å². The van der Waals surface area contributed by atoms with Gasteiger partial charge in [-0.1, -0.05) is 6.07 Å². The lowest BCUT2D eigenvalue weighted by Gasteiger charge is -2.09. The van der Waals surface area contributed by atoms with Crippen LogP contribution in [0.2, 0.25) is 0 Å². The van der Waals surface area contributed by atoms with E-state index in [-0.39, 0.29) is 11.3 Å². The highest BCUT2D eigenvalue weighted by molar-refractivity contribution is 5.91. The molecule has 1 aromatic carbocycles. The number of pyridine rings is 1. The summed E-state index contributed by atoms with van der Waals surface area (Å²) in [7, 11) is 4.15. The van der Waals surface area contributed by atoms with Gasteiger partial charge in [-0.2, -0.15) is 0 Å². The van der Waals surface area contributed by atoms with Gasteiger partial charge in [-0.3, -0.25) is 9.59 Å². The number of H-pyrrole nitrogens is 2. The number of nitrogens with one attached hydrogen (secondary N) is 3. The molecule has 0 aliphatic carbocycles. The molecule has 0 saturated carbocycles. The van der Waals surface area contributed by atoms with Crippen LogP contribution in [0.1, 0.15) is 22.5 Å². The Morgan fingerprint density at radius 1 is 1.15 bits per heavy atom. The molecule has 142 valence electrons. The highest BCUT2D eigenvalue weighted by Crippen LogP contribution is 2.23. The van der Waals surface area contributed by atoms with Gasteiger partial charge in [-0.25, -0.2) is 0 Å². The van der Waals surface area contributed by atoms with Crippen LogP contribution in [0.3, 0.4) is 0 Å². The van der Waals surface area contributed by atoms with Gasteiger partial charge >= 0.3 is 0 Å². The van der Waals surface area contributed by atoms with E-state index < -0.39 is 5.91 Å². The van der Waals surface area contributed by atoms with Crippen molar-refractivity contribution in [3.8, 4) is 11.3 Å². The van der Waals surface area contributed by atoms with Gasteiger partial charge in [0, 0.05) is 17.4 Å². The van der Waals surface area contributed by atoms with Gasteiger partial charge in [0.25, 0.3) is 11.5 Å². The number of hydrogen-bond donors (Lipinski definition) is 4. The second-order valence-electron chi connectivity index (χ2n) is 6.92. The van der Waals surface area contributed by atoms with E-state index in [0.717, 1.165) is 37.0 Å². The molecule has 0 aliphatic heterocycles. The third-order valence-electron chi connectivity index (χ3n) is 4.44. The van der Waals surface area contributed by atoms with Crippen molar-refractivity contribution in [2.45, 2.75) is 13.0 Å². The summed E-state index contributed by atoms with van der Waals surface area (Å²) in [5.74, 6) is -0.655. The Morgan fingerprint density at radius 2 is 1.96 bits per heavy atom. The number of carbonyl (C=O) groups is 1. The highest BCUT2D eigenvalue weighted by Gasteiger charge is 2.10. The molecule has 0 saturated heterocycles. The van der Waals surface area contributed by atoms with Gasteiger partial charge in [0.1, 0.15) is 5.69 Å². The Morgan fingerprint density at radius 3 is 2.67 bits per heavy atom. The summed E-state index contributed by atoms with van der Waals surface area (Å²) in [5, 5.41) is 4.49. The number of benzene rings is 1. The van der Waals surface area contributed by atoms with Gasteiger partial charge in [0.15, 0.2) is 0 Å². The number of primary amides is 1. The molecule has 0 fully saturated rings. The second-order valence-corrected chi connectivity index (χ2v) is 6.92. The lowest BCUT2D eigenvalue weighted by molar-refractivity contribution is 0.0995. The SMILES string of the molecule is CN(C)CCCNCc1ccc2[nH]c(-c3ccc(C(N)=O)[nH]c3=O)cc2c1. The van der Waals surface area contributed by atoms with E-state index in [0.29, 0.717) is 11.3 Å². The van der Waals surface area contributed by atoms with Crippen molar-refractivity contribution in [1.29, 1.82) is 0 Å². The zero-order chi connectivity index (χ0) is 19.4. The molecular formula is C20H25N5O2. The molecule has 0 radical (unpaired) electrons. The number of amides is 1. The zero-order valence-electron chi connectivity index (χ0n) is 15.6. The van der Waals surface area contributed by atoms with Gasteiger partial charge in [0.2, 0.25) is 0 Å². The van der Waals surface area contributed by atoms with Gasteiger partial charge < -0.3 is 25.9 Å². The number of nitrogens with zero attached hydrogens (tertiary/aromatic N) is 1. The van der Waals surface area contributed by atoms with Crippen LogP contribution in [0, 0.1) is 0 Å². The molecule has 27 heavy (non-hydrogen) atoms. The number of fused-ring (bicyclic) bond motifs is 1. The standard InChI is InChI=1S/C20H25N5O2/c1-25(2)9-3-8-22-12-13-4-6-16-14(10-13)11-18(23-16)15-5-7-17(19(21)26)24-20(15)27/h4-7,10-11,22-23H,3,8-9,12H2,1-2H3,(H2,21,26)(H,24,27). The van der Waals surface area contributed by atoms with E-state index >= 15 is 0 Å². The van der Waals surface area contributed by atoms with Gasteiger partial charge in [-0.15, -0.1) is 0 Å². The Balaban J connectivity index is 1.74. The molecule has 1 amide bonds. The fourth-order valence-corrected chi connectivity index (χ4v) is 3.02. The summed E-state index contributed by atoms with van der Waals surface area (Å²) in [6, 6.07) is 11.3. The van der Waals surface area contributed by atoms with Crippen molar-refractivity contribution in [1.82, 2.24) is 20.2 Å². The predicted molar refractivity (Wildman–Crippen MR) is 108 cm³/mol. The summed E-state index contributed by atoms with van der Waals surface area (Å²) >= 11 is 0. The van der Waals surface area contributed by atoms with Crippen molar-refractivity contribution in [2.75, 3.05) is 27.2 Å². The number of nitrogens with two attached hydrogens (primary N) is 1. The molecule has 0 aliphatic rings. The Labute approximate surface area is 157 Å². The molecule has 7 nitrogen and oxygen atoms in total. The molecule has 0 spiro atoms. The quantitative estimate of drug-likeness (QED) is 0.454. The fraction of sp³-hybridized carbons (Fsp3) is 0.300. The molecular weight excluding hydrogens is 342 g/mol. The normalized spacial score (nSPS) is 11.4. The number of aromatic amines is 2. The minimum atomic E-state index is -0.655. The van der Waals surface area contributed by atoms with Crippen molar-refractivity contribution < 1.29 is 4.79 Å². The maximum absolute atomic E-state index is 12.2. The Bertz CT molecular complexity index is 1000. The molecule has 0 unspecified atom stereocenters. The summed E-state index contributed by atoms with van der Waals surface area (Å²) in [5.41, 5.74) is 8.28. The van der Waals surface area contributed by atoms with E-state index in [9.17, 15) is 9.59 Å². The average molecular weight is 367 g/mol. The van der Waals surface area contributed by atoms with Crippen LogP contribution in [-0.4, -0.2) is 48.0 Å². The summed E-state index contributed by atoms with van der Waals surface area (Å²) in [6.07, 6.45) is 1.10. The van der Waals surface area contributed by atoms with Gasteiger partial charge in [0.05, 0.1) is 11.3 Å². The van der Waals surface area contributed by atoms with E-state index in [1.54, 1.807) is 6.07 Å². The summed E-state index contributed by atoms with van der Waals surface area (Å²) < 4.78 is 0. The molecule has 0 atom stereocenters. The van der Waals surface area contributed by atoms with E-state index in [1.165, 1.54) is 11.6 Å². The first-order valence-corrected chi connectivity index (χ1v) is 8.94. The van der Waals surface area contributed by atoms with Crippen molar-refractivity contribution >= 4 is 16.8 Å². The molecule has 2 aromatic heterocycles. The number of rotatable bonds is 8. The second kappa shape index (κ2) is 8.20. The Hall–Kier alpha value is -2.90. The van der Waals surface area contributed by atoms with Gasteiger partial charge in [-0.05, 0) is 69.5 Å². The zero-order valence-corrected chi connectivity index (χ0v) is 15.6. The van der Waals surface area contributed by atoms with E-state index in [2.05, 4.69) is 46.4 Å². The summed E-state index contributed by atoms with van der Waals surface area (Å²) in [6.45, 7) is 2.84. The average Bonchev–Trinajstić information content (AvgIpc) is 3.03. The van der Waals surface area contributed by atoms with E-state index in [1.807, 2.05) is 12.1 Å². The third kappa shape index (κ3) is 4.64. The molecule has 3 rings (SSSR count). The third-order valence-corrected chi connectivity index (χ3v) is 4.44. The molecule has 2 heterocycles. The summed E-state index contributed by atoms with van der Waals surface area (Å²) in [4.78, 5) is 31.4. The highest BCUT2D eigenvalue weighted by atomic mass is 16.1. The minimum absolute atomic E-state index is 0.0995. The topological polar surface area (TPSA) is 107 Å². The molecule has 7 heteroatoms.